The summed E-state index contributed by atoms with van der Waals surface area (Å²) < 4.78 is 32.9. The van der Waals surface area contributed by atoms with Gasteiger partial charge in [0.15, 0.2) is 0 Å². The van der Waals surface area contributed by atoms with E-state index in [1.165, 1.54) is 44.2 Å². The molecular formula is C17H27NaO3S. The van der Waals surface area contributed by atoms with E-state index in [1.54, 1.807) is 12.1 Å². The molecule has 0 aliphatic rings. The zero-order valence-corrected chi connectivity index (χ0v) is 17.0. The van der Waals surface area contributed by atoms with Crippen LogP contribution >= 0.6 is 0 Å². The van der Waals surface area contributed by atoms with E-state index in [0.717, 1.165) is 24.8 Å². The van der Waals surface area contributed by atoms with Crippen molar-refractivity contribution in [2.45, 2.75) is 76.0 Å². The average Bonchev–Trinajstić information content (AvgIpc) is 2.45. The molecule has 1 rings (SSSR count). The van der Waals surface area contributed by atoms with Crippen LogP contribution in [-0.4, -0.2) is 13.0 Å². The van der Waals surface area contributed by atoms with E-state index in [0.29, 0.717) is 5.92 Å². The minimum Gasteiger partial charge on any atom is -0.744 e. The quantitative estimate of drug-likeness (QED) is 0.373. The molecule has 0 bridgehead atoms. The predicted molar refractivity (Wildman–Crippen MR) is 85.4 cm³/mol. The molecule has 0 fully saturated rings. The Morgan fingerprint density at radius 2 is 1.50 bits per heavy atom. The van der Waals surface area contributed by atoms with Crippen LogP contribution in [0.4, 0.5) is 0 Å². The Labute approximate surface area is 157 Å². The first-order chi connectivity index (χ1) is 9.99. The maximum atomic E-state index is 11.0. The second-order valence-corrected chi connectivity index (χ2v) is 7.09. The normalized spacial score (nSPS) is 12.7. The third-order valence-corrected chi connectivity index (χ3v) is 4.78. The standard InChI is InChI=1S/C17H28O3S.Na/c1-3-5-6-7-8-10-15(9-4-2)16-11-13-17(14-12-16)21(18,19)20;/h11-15H,3-10H2,1-2H3,(H,18,19,20);/q;+1/p-1. The van der Waals surface area contributed by atoms with E-state index in [4.69, 9.17) is 0 Å². The van der Waals surface area contributed by atoms with Gasteiger partial charge in [0.25, 0.3) is 0 Å². The molecule has 0 saturated carbocycles. The number of hydrogen-bond donors (Lipinski definition) is 0. The van der Waals surface area contributed by atoms with Crippen molar-refractivity contribution in [3.8, 4) is 0 Å². The summed E-state index contributed by atoms with van der Waals surface area (Å²) in [4.78, 5) is -0.135. The Hall–Kier alpha value is 0.130. The minimum atomic E-state index is -4.33. The fourth-order valence-electron chi connectivity index (χ4n) is 2.73. The average molecular weight is 334 g/mol. The van der Waals surface area contributed by atoms with Crippen LogP contribution in [0.2, 0.25) is 0 Å². The molecule has 0 spiro atoms. The molecule has 22 heavy (non-hydrogen) atoms. The molecule has 0 N–H and O–H groups in total. The molecule has 1 unspecified atom stereocenters. The van der Waals surface area contributed by atoms with Gasteiger partial charge in [0.1, 0.15) is 10.1 Å². The van der Waals surface area contributed by atoms with Gasteiger partial charge in [-0.1, -0.05) is 64.5 Å². The smallest absolute Gasteiger partial charge is 0.744 e. The fourth-order valence-corrected chi connectivity index (χ4v) is 3.20. The molecule has 1 aromatic carbocycles. The molecule has 1 aromatic rings. The van der Waals surface area contributed by atoms with Crippen LogP contribution in [-0.2, 0) is 10.1 Å². The second-order valence-electron chi connectivity index (χ2n) is 5.71. The second kappa shape index (κ2) is 11.6. The van der Waals surface area contributed by atoms with Crippen molar-refractivity contribution in [1.29, 1.82) is 0 Å². The Morgan fingerprint density at radius 1 is 0.909 bits per heavy atom. The molecule has 1 atom stereocenters. The molecule has 120 valence electrons. The SMILES string of the molecule is CCCCCCCC(CCC)c1ccc(S(=O)(=O)[O-])cc1.[Na+]. The Kier molecular flexibility index (Phi) is 11.7. The van der Waals surface area contributed by atoms with Crippen molar-refractivity contribution in [1.82, 2.24) is 0 Å². The van der Waals surface area contributed by atoms with E-state index < -0.39 is 10.1 Å². The van der Waals surface area contributed by atoms with Crippen LogP contribution in [0.3, 0.4) is 0 Å². The first-order valence-corrected chi connectivity index (χ1v) is 9.45. The van der Waals surface area contributed by atoms with Crippen molar-refractivity contribution < 1.29 is 42.5 Å². The largest absolute Gasteiger partial charge is 1.00 e. The molecule has 5 heteroatoms. The van der Waals surface area contributed by atoms with Crippen LogP contribution in [0.5, 0.6) is 0 Å². The summed E-state index contributed by atoms with van der Waals surface area (Å²) >= 11 is 0. The van der Waals surface area contributed by atoms with Gasteiger partial charge in [-0.25, -0.2) is 8.42 Å². The molecule has 0 saturated heterocycles. The molecule has 3 nitrogen and oxygen atoms in total. The predicted octanol–water partition coefficient (Wildman–Crippen LogP) is 1.84. The van der Waals surface area contributed by atoms with Crippen molar-refractivity contribution >= 4 is 10.1 Å². The zero-order chi connectivity index (χ0) is 15.7. The Bertz CT molecular complexity index is 497. The van der Waals surface area contributed by atoms with Crippen molar-refractivity contribution in [3.63, 3.8) is 0 Å². The number of benzene rings is 1. The van der Waals surface area contributed by atoms with E-state index in [-0.39, 0.29) is 34.5 Å². The van der Waals surface area contributed by atoms with Gasteiger partial charge in [-0.3, -0.25) is 0 Å². The molecule has 0 radical (unpaired) electrons. The van der Waals surface area contributed by atoms with Gasteiger partial charge in [0, 0.05) is 0 Å². The summed E-state index contributed by atoms with van der Waals surface area (Å²) in [6.07, 6.45) is 9.69. The first-order valence-electron chi connectivity index (χ1n) is 8.04. The van der Waals surface area contributed by atoms with Gasteiger partial charge in [0.2, 0.25) is 0 Å². The number of hydrogen-bond acceptors (Lipinski definition) is 3. The molecule has 0 heterocycles. The van der Waals surface area contributed by atoms with Crippen molar-refractivity contribution in [2.24, 2.45) is 0 Å². The summed E-state index contributed by atoms with van der Waals surface area (Å²) in [6.45, 7) is 4.38. The maximum absolute atomic E-state index is 11.0. The van der Waals surface area contributed by atoms with Crippen LogP contribution in [0.1, 0.15) is 76.7 Å². The molecule has 0 aliphatic heterocycles. The van der Waals surface area contributed by atoms with E-state index in [2.05, 4.69) is 13.8 Å². The fraction of sp³-hybridized carbons (Fsp3) is 0.647. The first kappa shape index (κ1) is 22.1. The topological polar surface area (TPSA) is 57.2 Å². The van der Waals surface area contributed by atoms with Gasteiger partial charge in [-0.05, 0) is 36.5 Å². The monoisotopic (exact) mass is 334 g/mol. The Balaban J connectivity index is 0.00000441. The molecule has 0 amide bonds. The van der Waals surface area contributed by atoms with Gasteiger partial charge in [-0.15, -0.1) is 0 Å². The molecule has 0 aromatic heterocycles. The molecular weight excluding hydrogens is 307 g/mol. The van der Waals surface area contributed by atoms with Crippen LogP contribution in [0, 0.1) is 0 Å². The summed E-state index contributed by atoms with van der Waals surface area (Å²) in [5, 5.41) is 0. The van der Waals surface area contributed by atoms with Crippen LogP contribution < -0.4 is 29.6 Å². The Morgan fingerprint density at radius 3 is 2.00 bits per heavy atom. The summed E-state index contributed by atoms with van der Waals surface area (Å²) in [6, 6.07) is 6.49. The molecule has 0 aliphatic carbocycles. The van der Waals surface area contributed by atoms with Crippen LogP contribution in [0.25, 0.3) is 0 Å². The van der Waals surface area contributed by atoms with E-state index in [9.17, 15) is 13.0 Å². The third kappa shape index (κ3) is 8.11. The van der Waals surface area contributed by atoms with Crippen molar-refractivity contribution in [3.05, 3.63) is 29.8 Å². The minimum absolute atomic E-state index is 0. The summed E-state index contributed by atoms with van der Waals surface area (Å²) in [7, 11) is -4.33. The van der Waals surface area contributed by atoms with Gasteiger partial charge < -0.3 is 4.55 Å². The van der Waals surface area contributed by atoms with Gasteiger partial charge >= 0.3 is 29.6 Å². The van der Waals surface area contributed by atoms with E-state index in [1.807, 2.05) is 0 Å². The third-order valence-electron chi connectivity index (χ3n) is 3.93. The number of rotatable bonds is 10. The summed E-state index contributed by atoms with van der Waals surface area (Å²) in [5.74, 6) is 0.472. The van der Waals surface area contributed by atoms with Gasteiger partial charge in [0.05, 0.1) is 4.90 Å². The maximum Gasteiger partial charge on any atom is 1.00 e. The summed E-state index contributed by atoms with van der Waals surface area (Å²) in [5.41, 5.74) is 1.15. The van der Waals surface area contributed by atoms with Gasteiger partial charge in [-0.2, -0.15) is 0 Å². The van der Waals surface area contributed by atoms with E-state index >= 15 is 0 Å². The number of unbranched alkanes of at least 4 members (excludes halogenated alkanes) is 4. The zero-order valence-electron chi connectivity index (χ0n) is 14.2. The van der Waals surface area contributed by atoms with Crippen molar-refractivity contribution in [2.75, 3.05) is 0 Å². The van der Waals surface area contributed by atoms with Crippen LogP contribution in [0.15, 0.2) is 29.2 Å².